The van der Waals surface area contributed by atoms with Crippen LogP contribution in [0.2, 0.25) is 0 Å². The van der Waals surface area contributed by atoms with Gasteiger partial charge in [-0.1, -0.05) is 6.42 Å². The molecule has 1 aliphatic heterocycles. The lowest BCUT2D eigenvalue weighted by atomic mass is 10.1. The first-order valence-corrected chi connectivity index (χ1v) is 6.79. The minimum atomic E-state index is 0.280. The number of nitrogens with two attached hydrogens (primary N) is 1. The summed E-state index contributed by atoms with van der Waals surface area (Å²) in [6, 6.07) is 0.563. The zero-order chi connectivity index (χ0) is 12.7. The summed E-state index contributed by atoms with van der Waals surface area (Å²) in [5.74, 6) is 0.280. The Bertz CT molecular complexity index is 233. The van der Waals surface area contributed by atoms with Crippen molar-refractivity contribution in [2.24, 2.45) is 5.73 Å². The zero-order valence-electron chi connectivity index (χ0n) is 11.3. The van der Waals surface area contributed by atoms with E-state index in [4.69, 9.17) is 5.73 Å². The van der Waals surface area contributed by atoms with Gasteiger partial charge in [-0.05, 0) is 45.8 Å². The standard InChI is InChI=1S/C13H27N3O/c1-15-10-6-7-12(15)11-16(2)13(17)8-4-3-5-9-14/h12H,3-11,14H2,1-2H3. The third kappa shape index (κ3) is 5.04. The number of amides is 1. The van der Waals surface area contributed by atoms with E-state index < -0.39 is 0 Å². The van der Waals surface area contributed by atoms with Crippen LogP contribution in [0.15, 0.2) is 0 Å². The summed E-state index contributed by atoms with van der Waals surface area (Å²) in [4.78, 5) is 16.1. The molecule has 2 N–H and O–H groups in total. The number of likely N-dealkylation sites (N-methyl/N-ethyl adjacent to an activating group) is 2. The number of rotatable bonds is 7. The van der Waals surface area contributed by atoms with Gasteiger partial charge in [-0.2, -0.15) is 0 Å². The van der Waals surface area contributed by atoms with Crippen LogP contribution in [0.4, 0.5) is 0 Å². The van der Waals surface area contributed by atoms with Crippen molar-refractivity contribution in [3.8, 4) is 0 Å². The lowest BCUT2D eigenvalue weighted by molar-refractivity contribution is -0.130. The minimum absolute atomic E-state index is 0.280. The molecule has 0 aromatic carbocycles. The Morgan fingerprint density at radius 1 is 1.41 bits per heavy atom. The molecule has 4 nitrogen and oxygen atoms in total. The molecule has 0 radical (unpaired) electrons. The molecule has 1 unspecified atom stereocenters. The van der Waals surface area contributed by atoms with Gasteiger partial charge in [-0.25, -0.2) is 0 Å². The van der Waals surface area contributed by atoms with Crippen LogP contribution in [0.25, 0.3) is 0 Å². The second-order valence-corrected chi connectivity index (χ2v) is 5.15. The van der Waals surface area contributed by atoms with Crippen molar-refractivity contribution in [2.45, 2.75) is 44.6 Å². The Hall–Kier alpha value is -0.610. The molecule has 17 heavy (non-hydrogen) atoms. The van der Waals surface area contributed by atoms with E-state index in [0.29, 0.717) is 12.5 Å². The normalized spacial score (nSPS) is 20.8. The van der Waals surface area contributed by atoms with Gasteiger partial charge in [0.1, 0.15) is 0 Å². The summed E-state index contributed by atoms with van der Waals surface area (Å²) in [6.07, 6.45) is 6.23. The lowest BCUT2D eigenvalue weighted by Gasteiger charge is -2.25. The van der Waals surface area contributed by atoms with Gasteiger partial charge in [0.2, 0.25) is 5.91 Å². The maximum Gasteiger partial charge on any atom is 0.222 e. The fourth-order valence-electron chi connectivity index (χ4n) is 2.42. The second kappa shape index (κ2) is 7.67. The van der Waals surface area contributed by atoms with Gasteiger partial charge < -0.3 is 15.5 Å². The van der Waals surface area contributed by atoms with E-state index in [2.05, 4.69) is 11.9 Å². The molecule has 0 aromatic heterocycles. The highest BCUT2D eigenvalue weighted by Gasteiger charge is 2.23. The second-order valence-electron chi connectivity index (χ2n) is 5.15. The number of carbonyl (C=O) groups excluding carboxylic acids is 1. The van der Waals surface area contributed by atoms with E-state index in [9.17, 15) is 4.79 Å². The first-order valence-electron chi connectivity index (χ1n) is 6.79. The molecular weight excluding hydrogens is 214 g/mol. The Balaban J connectivity index is 2.17. The van der Waals surface area contributed by atoms with Crippen LogP contribution in [0, 0.1) is 0 Å². The highest BCUT2D eigenvalue weighted by molar-refractivity contribution is 5.75. The SMILES string of the molecule is CN(CC1CCCN1C)C(=O)CCCCCN. The van der Waals surface area contributed by atoms with E-state index in [0.717, 1.165) is 32.4 Å². The number of carbonyl (C=O) groups is 1. The molecule has 0 aromatic rings. The topological polar surface area (TPSA) is 49.6 Å². The summed E-state index contributed by atoms with van der Waals surface area (Å²) in [6.45, 7) is 2.78. The summed E-state index contributed by atoms with van der Waals surface area (Å²) < 4.78 is 0. The first kappa shape index (κ1) is 14.5. The van der Waals surface area contributed by atoms with Crippen LogP contribution >= 0.6 is 0 Å². The molecule has 1 rings (SSSR count). The average Bonchev–Trinajstić information content (AvgIpc) is 2.70. The Labute approximate surface area is 105 Å². The zero-order valence-corrected chi connectivity index (χ0v) is 11.3. The van der Waals surface area contributed by atoms with E-state index in [1.807, 2.05) is 11.9 Å². The molecule has 100 valence electrons. The van der Waals surface area contributed by atoms with Crippen molar-refractivity contribution in [3.63, 3.8) is 0 Å². The predicted molar refractivity (Wildman–Crippen MR) is 70.8 cm³/mol. The molecule has 1 heterocycles. The van der Waals surface area contributed by atoms with Gasteiger partial charge in [0.05, 0.1) is 0 Å². The number of likely N-dealkylation sites (tertiary alicyclic amines) is 1. The molecule has 1 atom stereocenters. The van der Waals surface area contributed by atoms with Crippen molar-refractivity contribution in [1.29, 1.82) is 0 Å². The van der Waals surface area contributed by atoms with Gasteiger partial charge in [-0.15, -0.1) is 0 Å². The fourth-order valence-corrected chi connectivity index (χ4v) is 2.42. The minimum Gasteiger partial charge on any atom is -0.344 e. The van der Waals surface area contributed by atoms with Gasteiger partial charge in [0, 0.05) is 26.1 Å². The van der Waals surface area contributed by atoms with Gasteiger partial charge in [0.25, 0.3) is 0 Å². The molecule has 4 heteroatoms. The molecule has 0 aliphatic carbocycles. The van der Waals surface area contributed by atoms with Crippen LogP contribution < -0.4 is 5.73 Å². The van der Waals surface area contributed by atoms with Crippen LogP contribution in [-0.2, 0) is 4.79 Å². The highest BCUT2D eigenvalue weighted by Crippen LogP contribution is 2.15. The van der Waals surface area contributed by atoms with Crippen LogP contribution in [0.1, 0.15) is 38.5 Å². The van der Waals surface area contributed by atoms with Gasteiger partial charge >= 0.3 is 0 Å². The third-order valence-corrected chi connectivity index (χ3v) is 3.68. The van der Waals surface area contributed by atoms with E-state index in [-0.39, 0.29) is 5.91 Å². The van der Waals surface area contributed by atoms with E-state index in [1.54, 1.807) is 0 Å². The number of nitrogens with zero attached hydrogens (tertiary/aromatic N) is 2. The number of unbranched alkanes of at least 4 members (excludes halogenated alkanes) is 2. The maximum absolute atomic E-state index is 11.9. The molecule has 0 spiro atoms. The Morgan fingerprint density at radius 2 is 2.18 bits per heavy atom. The molecule has 0 saturated carbocycles. The fraction of sp³-hybridized carbons (Fsp3) is 0.923. The van der Waals surface area contributed by atoms with Crippen LogP contribution in [-0.4, -0.2) is 55.5 Å². The van der Waals surface area contributed by atoms with Crippen LogP contribution in [0.5, 0.6) is 0 Å². The van der Waals surface area contributed by atoms with E-state index in [1.165, 1.54) is 19.4 Å². The van der Waals surface area contributed by atoms with Crippen molar-refractivity contribution >= 4 is 5.91 Å². The van der Waals surface area contributed by atoms with Crippen LogP contribution in [0.3, 0.4) is 0 Å². The van der Waals surface area contributed by atoms with Gasteiger partial charge in [-0.3, -0.25) is 4.79 Å². The largest absolute Gasteiger partial charge is 0.344 e. The van der Waals surface area contributed by atoms with Gasteiger partial charge in [0.15, 0.2) is 0 Å². The molecule has 1 saturated heterocycles. The smallest absolute Gasteiger partial charge is 0.222 e. The quantitative estimate of drug-likeness (QED) is 0.678. The average molecular weight is 241 g/mol. The summed E-state index contributed by atoms with van der Waals surface area (Å²) in [5, 5.41) is 0. The number of hydrogen-bond donors (Lipinski definition) is 1. The molecule has 0 bridgehead atoms. The third-order valence-electron chi connectivity index (χ3n) is 3.68. The lowest BCUT2D eigenvalue weighted by Crippen LogP contribution is -2.39. The summed E-state index contributed by atoms with van der Waals surface area (Å²) in [5.41, 5.74) is 5.43. The Morgan fingerprint density at radius 3 is 2.76 bits per heavy atom. The Kier molecular flexibility index (Phi) is 6.52. The van der Waals surface area contributed by atoms with Crippen molar-refractivity contribution in [1.82, 2.24) is 9.80 Å². The van der Waals surface area contributed by atoms with Crippen molar-refractivity contribution in [3.05, 3.63) is 0 Å². The highest BCUT2D eigenvalue weighted by atomic mass is 16.2. The first-order chi connectivity index (χ1) is 8.15. The van der Waals surface area contributed by atoms with E-state index >= 15 is 0 Å². The molecule has 1 amide bonds. The molecule has 1 fully saturated rings. The number of hydrogen-bond acceptors (Lipinski definition) is 3. The summed E-state index contributed by atoms with van der Waals surface area (Å²) in [7, 11) is 4.08. The van der Waals surface area contributed by atoms with Crippen molar-refractivity contribution in [2.75, 3.05) is 33.7 Å². The molecular formula is C13H27N3O. The monoisotopic (exact) mass is 241 g/mol. The predicted octanol–water partition coefficient (Wildman–Crippen LogP) is 1.06. The molecule has 1 aliphatic rings. The van der Waals surface area contributed by atoms with Crippen molar-refractivity contribution < 1.29 is 4.79 Å². The maximum atomic E-state index is 11.9. The summed E-state index contributed by atoms with van der Waals surface area (Å²) >= 11 is 0.